The van der Waals surface area contributed by atoms with Crippen molar-refractivity contribution in [3.8, 4) is 11.5 Å². The van der Waals surface area contributed by atoms with E-state index in [4.69, 9.17) is 16.3 Å². The Morgan fingerprint density at radius 2 is 2.36 bits per heavy atom. The van der Waals surface area contributed by atoms with Gasteiger partial charge in [0.05, 0.1) is 6.61 Å². The summed E-state index contributed by atoms with van der Waals surface area (Å²) in [5.74, 6) is 0.649. The van der Waals surface area contributed by atoms with Crippen molar-refractivity contribution in [2.24, 2.45) is 0 Å². The first-order chi connectivity index (χ1) is 6.74. The number of aromatic hydroxyl groups is 1. The lowest BCUT2D eigenvalue weighted by Crippen LogP contribution is -1.92. The molecule has 2 rings (SSSR count). The molecule has 0 aliphatic rings. The van der Waals surface area contributed by atoms with Gasteiger partial charge in [-0.1, -0.05) is 11.6 Å². The molecule has 0 radical (unpaired) electrons. The van der Waals surface area contributed by atoms with Crippen LogP contribution in [0.15, 0.2) is 17.5 Å². The van der Waals surface area contributed by atoms with Crippen molar-refractivity contribution in [3.63, 3.8) is 0 Å². The van der Waals surface area contributed by atoms with Crippen molar-refractivity contribution < 1.29 is 9.84 Å². The molecule has 4 heteroatoms. The molecule has 0 unspecified atom stereocenters. The molecular weight excluding hydrogens is 220 g/mol. The quantitative estimate of drug-likeness (QED) is 0.850. The summed E-state index contributed by atoms with van der Waals surface area (Å²) in [6.07, 6.45) is 0. The number of phenolic OH excluding ortho intramolecular Hbond substituents is 1. The SMILES string of the molecule is CCOc1c(Cl)c(O)cc2sccc12. The fraction of sp³-hybridized carbons (Fsp3) is 0.200. The normalized spacial score (nSPS) is 10.7. The molecule has 0 saturated heterocycles. The minimum atomic E-state index is 0.0741. The number of benzene rings is 1. The van der Waals surface area contributed by atoms with Crippen LogP contribution in [-0.4, -0.2) is 11.7 Å². The van der Waals surface area contributed by atoms with Crippen LogP contribution >= 0.6 is 22.9 Å². The van der Waals surface area contributed by atoms with Crippen LogP contribution in [0.1, 0.15) is 6.92 Å². The smallest absolute Gasteiger partial charge is 0.150 e. The molecule has 1 aromatic heterocycles. The van der Waals surface area contributed by atoms with Crippen LogP contribution in [0.3, 0.4) is 0 Å². The molecule has 0 aliphatic carbocycles. The summed E-state index contributed by atoms with van der Waals surface area (Å²) in [4.78, 5) is 0. The van der Waals surface area contributed by atoms with E-state index in [-0.39, 0.29) is 10.8 Å². The molecular formula is C10H9ClO2S. The number of hydrogen-bond acceptors (Lipinski definition) is 3. The van der Waals surface area contributed by atoms with Gasteiger partial charge in [-0.2, -0.15) is 0 Å². The molecule has 0 fully saturated rings. The number of hydrogen-bond donors (Lipinski definition) is 1. The van der Waals surface area contributed by atoms with Crippen LogP contribution in [0.25, 0.3) is 10.1 Å². The highest BCUT2D eigenvalue weighted by Gasteiger charge is 2.12. The van der Waals surface area contributed by atoms with E-state index < -0.39 is 0 Å². The van der Waals surface area contributed by atoms with E-state index in [0.717, 1.165) is 10.1 Å². The van der Waals surface area contributed by atoms with Crippen LogP contribution in [0.5, 0.6) is 11.5 Å². The zero-order chi connectivity index (χ0) is 10.1. The highest BCUT2D eigenvalue weighted by molar-refractivity contribution is 7.17. The van der Waals surface area contributed by atoms with Crippen LogP contribution in [-0.2, 0) is 0 Å². The molecule has 74 valence electrons. The summed E-state index contributed by atoms with van der Waals surface area (Å²) in [7, 11) is 0. The fourth-order valence-corrected chi connectivity index (χ4v) is 2.36. The summed E-state index contributed by atoms with van der Waals surface area (Å²) in [5, 5.41) is 12.7. The minimum absolute atomic E-state index is 0.0741. The minimum Gasteiger partial charge on any atom is -0.506 e. The van der Waals surface area contributed by atoms with Crippen molar-refractivity contribution in [2.45, 2.75) is 6.92 Å². The molecule has 2 nitrogen and oxygen atoms in total. The van der Waals surface area contributed by atoms with E-state index in [0.29, 0.717) is 12.4 Å². The maximum atomic E-state index is 9.54. The molecule has 0 bridgehead atoms. The Balaban J connectivity index is 2.73. The van der Waals surface area contributed by atoms with Crippen molar-refractivity contribution in [1.82, 2.24) is 0 Å². The number of rotatable bonds is 2. The third-order valence-electron chi connectivity index (χ3n) is 1.92. The highest BCUT2D eigenvalue weighted by atomic mass is 35.5. The average Bonchev–Trinajstić information content (AvgIpc) is 2.60. The number of thiophene rings is 1. The van der Waals surface area contributed by atoms with Gasteiger partial charge in [0.1, 0.15) is 16.5 Å². The van der Waals surface area contributed by atoms with Gasteiger partial charge in [0.2, 0.25) is 0 Å². The zero-order valence-electron chi connectivity index (χ0n) is 7.58. The number of fused-ring (bicyclic) bond motifs is 1. The molecule has 0 aliphatic heterocycles. The van der Waals surface area contributed by atoms with E-state index in [9.17, 15) is 5.11 Å². The molecule has 14 heavy (non-hydrogen) atoms. The summed E-state index contributed by atoms with van der Waals surface area (Å²) in [6.45, 7) is 2.42. The van der Waals surface area contributed by atoms with Crippen LogP contribution in [0.4, 0.5) is 0 Å². The Kier molecular flexibility index (Phi) is 2.52. The van der Waals surface area contributed by atoms with Gasteiger partial charge in [0.15, 0.2) is 0 Å². The third kappa shape index (κ3) is 1.42. The van der Waals surface area contributed by atoms with Crippen molar-refractivity contribution in [3.05, 3.63) is 22.5 Å². The predicted molar refractivity (Wildman–Crippen MR) is 59.7 cm³/mol. The third-order valence-corrected chi connectivity index (χ3v) is 3.15. The van der Waals surface area contributed by atoms with Gasteiger partial charge in [0.25, 0.3) is 0 Å². The van der Waals surface area contributed by atoms with Gasteiger partial charge in [-0.25, -0.2) is 0 Å². The van der Waals surface area contributed by atoms with Crippen LogP contribution in [0.2, 0.25) is 5.02 Å². The van der Waals surface area contributed by atoms with Gasteiger partial charge in [-0.3, -0.25) is 0 Å². The Bertz CT molecular complexity index is 464. The van der Waals surface area contributed by atoms with Gasteiger partial charge in [0, 0.05) is 10.1 Å². The van der Waals surface area contributed by atoms with E-state index >= 15 is 0 Å². The summed E-state index contributed by atoms with van der Waals surface area (Å²) in [6, 6.07) is 3.60. The molecule has 1 N–H and O–H groups in total. The summed E-state index contributed by atoms with van der Waals surface area (Å²) in [5.41, 5.74) is 0. The summed E-state index contributed by atoms with van der Waals surface area (Å²) < 4.78 is 6.39. The first-order valence-corrected chi connectivity index (χ1v) is 5.51. The molecule has 1 aromatic carbocycles. The van der Waals surface area contributed by atoms with E-state index in [1.807, 2.05) is 18.4 Å². The van der Waals surface area contributed by atoms with Crippen LogP contribution < -0.4 is 4.74 Å². The highest BCUT2D eigenvalue weighted by Crippen LogP contribution is 2.42. The van der Waals surface area contributed by atoms with Crippen molar-refractivity contribution in [1.29, 1.82) is 0 Å². The lowest BCUT2D eigenvalue weighted by Gasteiger charge is -2.08. The number of ether oxygens (including phenoxy) is 1. The first-order valence-electron chi connectivity index (χ1n) is 4.25. The largest absolute Gasteiger partial charge is 0.506 e. The van der Waals surface area contributed by atoms with Crippen LogP contribution in [0, 0.1) is 0 Å². The maximum Gasteiger partial charge on any atom is 0.150 e. The zero-order valence-corrected chi connectivity index (χ0v) is 9.15. The number of halogens is 1. The van der Waals surface area contributed by atoms with Gasteiger partial charge < -0.3 is 9.84 Å². The fourth-order valence-electron chi connectivity index (χ4n) is 1.33. The van der Waals surface area contributed by atoms with Crippen molar-refractivity contribution >= 4 is 33.0 Å². The standard InChI is InChI=1S/C10H9ClO2S/c1-2-13-10-6-3-4-14-8(6)5-7(12)9(10)11/h3-5,12H,2H2,1H3. The van der Waals surface area contributed by atoms with Gasteiger partial charge in [-0.05, 0) is 24.4 Å². The lowest BCUT2D eigenvalue weighted by atomic mass is 10.2. The molecule has 0 saturated carbocycles. The van der Waals surface area contributed by atoms with Gasteiger partial charge >= 0.3 is 0 Å². The number of phenols is 1. The molecule has 0 amide bonds. The lowest BCUT2D eigenvalue weighted by molar-refractivity contribution is 0.342. The second kappa shape index (κ2) is 3.67. The monoisotopic (exact) mass is 228 g/mol. The van der Waals surface area contributed by atoms with E-state index in [1.165, 1.54) is 0 Å². The maximum absolute atomic E-state index is 9.54. The van der Waals surface area contributed by atoms with E-state index in [1.54, 1.807) is 17.4 Å². The van der Waals surface area contributed by atoms with E-state index in [2.05, 4.69) is 0 Å². The molecule has 2 aromatic rings. The second-order valence-electron chi connectivity index (χ2n) is 2.80. The first kappa shape index (κ1) is 9.62. The molecule has 0 atom stereocenters. The summed E-state index contributed by atoms with van der Waals surface area (Å²) >= 11 is 7.49. The Morgan fingerprint density at radius 3 is 3.07 bits per heavy atom. The average molecular weight is 229 g/mol. The molecule has 0 spiro atoms. The van der Waals surface area contributed by atoms with Gasteiger partial charge in [-0.15, -0.1) is 11.3 Å². The Morgan fingerprint density at radius 1 is 1.57 bits per heavy atom. The Labute approximate surface area is 90.7 Å². The topological polar surface area (TPSA) is 29.5 Å². The molecule has 1 heterocycles. The second-order valence-corrected chi connectivity index (χ2v) is 4.13. The van der Waals surface area contributed by atoms with Crippen molar-refractivity contribution in [2.75, 3.05) is 6.61 Å². The Hall–Kier alpha value is -0.930. The predicted octanol–water partition coefficient (Wildman–Crippen LogP) is 3.66.